The molecule has 2 N–H and O–H groups in total. The van der Waals surface area contributed by atoms with Crippen molar-refractivity contribution in [2.24, 2.45) is 0 Å². The van der Waals surface area contributed by atoms with Gasteiger partial charge in [-0.1, -0.05) is 6.07 Å². The number of thiophene rings is 1. The number of oxazole rings is 1. The highest BCUT2D eigenvalue weighted by atomic mass is 32.1. The Morgan fingerprint density at radius 3 is 2.89 bits per heavy atom. The Hall–Kier alpha value is -2.15. The maximum Gasteiger partial charge on any atom is 0.305 e. The summed E-state index contributed by atoms with van der Waals surface area (Å²) >= 11 is 1.39. The van der Waals surface area contributed by atoms with Crippen molar-refractivity contribution in [3.8, 4) is 0 Å². The minimum Gasteiger partial charge on any atom is -0.481 e. The first-order valence-electron chi connectivity index (χ1n) is 5.54. The molecule has 19 heavy (non-hydrogen) atoms. The maximum absolute atomic E-state index is 12.0. The highest BCUT2D eigenvalue weighted by Gasteiger charge is 2.22. The van der Waals surface area contributed by atoms with Gasteiger partial charge in [0.15, 0.2) is 12.1 Å². The van der Waals surface area contributed by atoms with Crippen LogP contribution in [0, 0.1) is 6.92 Å². The summed E-state index contributed by atoms with van der Waals surface area (Å²) in [7, 11) is 0. The summed E-state index contributed by atoms with van der Waals surface area (Å²) in [6.45, 7) is 1.62. The van der Waals surface area contributed by atoms with E-state index < -0.39 is 17.9 Å². The van der Waals surface area contributed by atoms with E-state index in [4.69, 9.17) is 9.52 Å². The van der Waals surface area contributed by atoms with E-state index in [9.17, 15) is 9.59 Å². The monoisotopic (exact) mass is 280 g/mol. The van der Waals surface area contributed by atoms with Crippen LogP contribution in [-0.4, -0.2) is 22.0 Å². The molecule has 0 aliphatic carbocycles. The molecule has 2 aromatic heterocycles. The molecule has 0 aliphatic rings. The number of hydrogen-bond acceptors (Lipinski definition) is 5. The lowest BCUT2D eigenvalue weighted by molar-refractivity contribution is -0.137. The zero-order valence-corrected chi connectivity index (χ0v) is 10.9. The standard InChI is InChI=1S/C12H12N2O4S/c1-7-11(13-6-18-7)12(17)14-8(5-10(15)16)9-3-2-4-19-9/h2-4,6,8H,5H2,1H3,(H,14,17)(H,15,16)/t8-/m0/s1. The molecule has 6 nitrogen and oxygen atoms in total. The first-order chi connectivity index (χ1) is 9.08. The summed E-state index contributed by atoms with van der Waals surface area (Å²) in [5.74, 6) is -1.01. The van der Waals surface area contributed by atoms with Crippen LogP contribution in [0.15, 0.2) is 28.3 Å². The summed E-state index contributed by atoms with van der Waals surface area (Å²) in [4.78, 5) is 27.4. The summed E-state index contributed by atoms with van der Waals surface area (Å²) < 4.78 is 4.95. The van der Waals surface area contributed by atoms with Crippen molar-refractivity contribution in [3.63, 3.8) is 0 Å². The van der Waals surface area contributed by atoms with E-state index in [-0.39, 0.29) is 12.1 Å². The van der Waals surface area contributed by atoms with Crippen molar-refractivity contribution in [2.45, 2.75) is 19.4 Å². The van der Waals surface area contributed by atoms with Crippen LogP contribution in [0.2, 0.25) is 0 Å². The fourth-order valence-corrected chi connectivity index (χ4v) is 2.41. The minimum absolute atomic E-state index is 0.173. The topological polar surface area (TPSA) is 92.4 Å². The molecule has 0 bridgehead atoms. The Morgan fingerprint density at radius 2 is 2.37 bits per heavy atom. The predicted octanol–water partition coefficient (Wildman–Crippen LogP) is 1.99. The lowest BCUT2D eigenvalue weighted by Crippen LogP contribution is -2.30. The van der Waals surface area contributed by atoms with Gasteiger partial charge in [0, 0.05) is 4.88 Å². The van der Waals surface area contributed by atoms with Crippen molar-refractivity contribution in [3.05, 3.63) is 40.2 Å². The van der Waals surface area contributed by atoms with Crippen molar-refractivity contribution in [2.75, 3.05) is 0 Å². The average molecular weight is 280 g/mol. The fraction of sp³-hybridized carbons (Fsp3) is 0.250. The molecule has 0 aliphatic heterocycles. The van der Waals surface area contributed by atoms with Crippen molar-refractivity contribution < 1.29 is 19.1 Å². The number of carboxylic acids is 1. The number of nitrogens with zero attached hydrogens (tertiary/aromatic N) is 1. The molecular formula is C12H12N2O4S. The molecule has 0 spiro atoms. The first-order valence-corrected chi connectivity index (χ1v) is 6.42. The van der Waals surface area contributed by atoms with Crippen LogP contribution in [0.1, 0.15) is 33.6 Å². The van der Waals surface area contributed by atoms with Gasteiger partial charge in [-0.2, -0.15) is 0 Å². The number of carboxylic acid groups (broad SMARTS) is 1. The maximum atomic E-state index is 12.0. The first kappa shape index (κ1) is 13.3. The minimum atomic E-state index is -0.976. The smallest absolute Gasteiger partial charge is 0.305 e. The number of hydrogen-bond donors (Lipinski definition) is 2. The van der Waals surface area contributed by atoms with Gasteiger partial charge in [0.05, 0.1) is 12.5 Å². The Kier molecular flexibility index (Phi) is 3.96. The molecule has 0 aromatic carbocycles. The average Bonchev–Trinajstić information content (AvgIpc) is 2.97. The number of nitrogens with one attached hydrogen (secondary N) is 1. The number of aryl methyl sites for hydroxylation is 1. The van der Waals surface area contributed by atoms with Gasteiger partial charge in [-0.15, -0.1) is 11.3 Å². The van der Waals surface area contributed by atoms with E-state index in [0.29, 0.717) is 5.76 Å². The molecule has 100 valence electrons. The molecular weight excluding hydrogens is 268 g/mol. The van der Waals surface area contributed by atoms with Gasteiger partial charge < -0.3 is 14.8 Å². The van der Waals surface area contributed by atoms with Gasteiger partial charge in [0.1, 0.15) is 5.76 Å². The summed E-state index contributed by atoms with van der Waals surface area (Å²) in [5.41, 5.74) is 0.173. The molecule has 2 aromatic rings. The Bertz CT molecular complexity index is 576. The number of aliphatic carboxylic acids is 1. The molecule has 1 atom stereocenters. The summed E-state index contributed by atoms with van der Waals surface area (Å²) in [6.07, 6.45) is 1.00. The van der Waals surface area contributed by atoms with Crippen LogP contribution >= 0.6 is 11.3 Å². The second-order valence-corrected chi connectivity index (χ2v) is 4.88. The Morgan fingerprint density at radius 1 is 1.58 bits per heavy atom. The molecule has 0 saturated carbocycles. The third kappa shape index (κ3) is 3.19. The molecule has 2 rings (SSSR count). The van der Waals surface area contributed by atoms with E-state index in [1.807, 2.05) is 11.4 Å². The van der Waals surface area contributed by atoms with Crippen LogP contribution < -0.4 is 5.32 Å². The molecule has 1 amide bonds. The SMILES string of the molecule is Cc1ocnc1C(=O)N[C@@H](CC(=O)O)c1cccs1. The van der Waals surface area contributed by atoms with Crippen LogP contribution in [0.5, 0.6) is 0 Å². The second kappa shape index (κ2) is 5.66. The zero-order valence-electron chi connectivity index (χ0n) is 10.1. The predicted molar refractivity (Wildman–Crippen MR) is 68.0 cm³/mol. The molecule has 0 saturated heterocycles. The molecule has 0 radical (unpaired) electrons. The van der Waals surface area contributed by atoms with E-state index in [1.54, 1.807) is 13.0 Å². The number of rotatable bonds is 5. The quantitative estimate of drug-likeness (QED) is 0.873. The lowest BCUT2D eigenvalue weighted by Gasteiger charge is -2.14. The lowest BCUT2D eigenvalue weighted by atomic mass is 10.1. The summed E-state index contributed by atoms with van der Waals surface area (Å²) in [6, 6.07) is 3.03. The van der Waals surface area contributed by atoms with Crippen molar-refractivity contribution >= 4 is 23.2 Å². The molecule has 7 heteroatoms. The van der Waals surface area contributed by atoms with Crippen LogP contribution in [0.4, 0.5) is 0 Å². The Labute approximate surface area is 113 Å². The fourth-order valence-electron chi connectivity index (χ4n) is 1.64. The van der Waals surface area contributed by atoms with Crippen LogP contribution in [0.25, 0.3) is 0 Å². The van der Waals surface area contributed by atoms with Crippen molar-refractivity contribution in [1.29, 1.82) is 0 Å². The van der Waals surface area contributed by atoms with Gasteiger partial charge >= 0.3 is 5.97 Å². The number of aromatic nitrogens is 1. The third-order valence-corrected chi connectivity index (χ3v) is 3.52. The Balaban J connectivity index is 2.15. The zero-order chi connectivity index (χ0) is 13.8. The molecule has 2 heterocycles. The third-order valence-electron chi connectivity index (χ3n) is 2.53. The highest BCUT2D eigenvalue weighted by Crippen LogP contribution is 2.22. The molecule has 0 unspecified atom stereocenters. The van der Waals surface area contributed by atoms with Gasteiger partial charge in [0.2, 0.25) is 0 Å². The molecule has 0 fully saturated rings. The number of amides is 1. The van der Waals surface area contributed by atoms with Gasteiger partial charge in [0.25, 0.3) is 5.91 Å². The van der Waals surface area contributed by atoms with Gasteiger partial charge in [-0.05, 0) is 18.4 Å². The summed E-state index contributed by atoms with van der Waals surface area (Å²) in [5, 5.41) is 13.4. The van der Waals surface area contributed by atoms with Crippen molar-refractivity contribution in [1.82, 2.24) is 10.3 Å². The van der Waals surface area contributed by atoms with Gasteiger partial charge in [-0.3, -0.25) is 9.59 Å². The number of carbonyl (C=O) groups is 2. The van der Waals surface area contributed by atoms with E-state index in [1.165, 1.54) is 17.7 Å². The van der Waals surface area contributed by atoms with E-state index >= 15 is 0 Å². The second-order valence-electron chi connectivity index (χ2n) is 3.90. The largest absolute Gasteiger partial charge is 0.481 e. The normalized spacial score (nSPS) is 12.1. The van der Waals surface area contributed by atoms with E-state index in [2.05, 4.69) is 10.3 Å². The highest BCUT2D eigenvalue weighted by molar-refractivity contribution is 7.10. The number of carbonyl (C=O) groups excluding carboxylic acids is 1. The van der Waals surface area contributed by atoms with E-state index in [0.717, 1.165) is 4.88 Å². The van der Waals surface area contributed by atoms with Gasteiger partial charge in [-0.25, -0.2) is 4.98 Å². The van der Waals surface area contributed by atoms with Crippen LogP contribution in [-0.2, 0) is 4.79 Å². The van der Waals surface area contributed by atoms with Crippen LogP contribution in [0.3, 0.4) is 0 Å².